The molecule has 17 heavy (non-hydrogen) atoms. The summed E-state index contributed by atoms with van der Waals surface area (Å²) in [6.45, 7) is 2.15. The number of hydrogen-bond donors (Lipinski definition) is 2. The fraction of sp³-hybridized carbons (Fsp3) is 0.333. The minimum atomic E-state index is -0.603. The minimum absolute atomic E-state index is 0.0811. The standard InChI is InChI=1S/C12H14N2O3/c1-2-8-3-5-9(6-4-8)13-11(15)10-7-17-12(16)14-10/h3-6,10H,2,7H2,1H3,(H,13,15)(H,14,16). The van der Waals surface area contributed by atoms with Crippen molar-refractivity contribution in [3.63, 3.8) is 0 Å². The number of cyclic esters (lactones) is 1. The molecule has 0 saturated carbocycles. The number of benzene rings is 1. The van der Waals surface area contributed by atoms with Gasteiger partial charge in [-0.2, -0.15) is 0 Å². The predicted molar refractivity (Wildman–Crippen MR) is 62.7 cm³/mol. The highest BCUT2D eigenvalue weighted by molar-refractivity contribution is 5.97. The highest BCUT2D eigenvalue weighted by Crippen LogP contribution is 2.11. The summed E-state index contributed by atoms with van der Waals surface area (Å²) < 4.78 is 4.65. The maximum Gasteiger partial charge on any atom is 0.407 e. The number of hydrogen-bond acceptors (Lipinski definition) is 3. The Morgan fingerprint density at radius 1 is 1.47 bits per heavy atom. The molecule has 1 unspecified atom stereocenters. The summed E-state index contributed by atoms with van der Waals surface area (Å²) in [5, 5.41) is 5.15. The maximum absolute atomic E-state index is 11.7. The SMILES string of the molecule is CCc1ccc(NC(=O)C2COC(=O)N2)cc1. The van der Waals surface area contributed by atoms with Gasteiger partial charge in [-0.3, -0.25) is 4.79 Å². The van der Waals surface area contributed by atoms with Crippen LogP contribution in [0.4, 0.5) is 10.5 Å². The molecule has 0 spiro atoms. The molecule has 1 fully saturated rings. The first-order valence-corrected chi connectivity index (χ1v) is 5.52. The van der Waals surface area contributed by atoms with Gasteiger partial charge in [0, 0.05) is 5.69 Å². The van der Waals surface area contributed by atoms with Gasteiger partial charge in [-0.1, -0.05) is 19.1 Å². The highest BCUT2D eigenvalue weighted by atomic mass is 16.6. The van der Waals surface area contributed by atoms with E-state index in [1.54, 1.807) is 0 Å². The fourth-order valence-corrected chi connectivity index (χ4v) is 1.58. The quantitative estimate of drug-likeness (QED) is 0.828. The molecule has 0 aliphatic carbocycles. The first kappa shape index (κ1) is 11.4. The van der Waals surface area contributed by atoms with Gasteiger partial charge in [0.25, 0.3) is 5.91 Å². The van der Waals surface area contributed by atoms with Crippen molar-refractivity contribution in [1.29, 1.82) is 0 Å². The average Bonchev–Trinajstić information content (AvgIpc) is 2.77. The Bertz CT molecular complexity index is 428. The number of carbonyl (C=O) groups excluding carboxylic acids is 2. The van der Waals surface area contributed by atoms with Crippen LogP contribution in [0.2, 0.25) is 0 Å². The van der Waals surface area contributed by atoms with Crippen LogP contribution in [0.1, 0.15) is 12.5 Å². The smallest absolute Gasteiger partial charge is 0.407 e. The average molecular weight is 234 g/mol. The molecule has 1 heterocycles. The summed E-state index contributed by atoms with van der Waals surface area (Å²) in [5.74, 6) is -0.264. The van der Waals surface area contributed by atoms with Gasteiger partial charge in [-0.15, -0.1) is 0 Å². The van der Waals surface area contributed by atoms with Gasteiger partial charge in [0.2, 0.25) is 0 Å². The van der Waals surface area contributed by atoms with Crippen LogP contribution < -0.4 is 10.6 Å². The third-order valence-electron chi connectivity index (χ3n) is 2.62. The number of alkyl carbamates (subject to hydrolysis) is 1. The molecule has 1 aliphatic heterocycles. The predicted octanol–water partition coefficient (Wildman–Crippen LogP) is 1.30. The number of anilines is 1. The highest BCUT2D eigenvalue weighted by Gasteiger charge is 2.28. The molecule has 0 aromatic heterocycles. The Labute approximate surface area is 99.2 Å². The first-order valence-electron chi connectivity index (χ1n) is 5.52. The van der Waals surface area contributed by atoms with Crippen molar-refractivity contribution in [2.75, 3.05) is 11.9 Å². The summed E-state index contributed by atoms with van der Waals surface area (Å²) in [5.41, 5.74) is 1.92. The molecular formula is C12H14N2O3. The Balaban J connectivity index is 1.95. The first-order chi connectivity index (χ1) is 8.19. The molecule has 1 aliphatic rings. The van der Waals surface area contributed by atoms with Crippen LogP contribution >= 0.6 is 0 Å². The number of carbonyl (C=O) groups is 2. The van der Waals surface area contributed by atoms with Crippen LogP contribution in [0.5, 0.6) is 0 Å². The van der Waals surface area contributed by atoms with Gasteiger partial charge in [-0.05, 0) is 24.1 Å². The van der Waals surface area contributed by atoms with Crippen molar-refractivity contribution in [2.45, 2.75) is 19.4 Å². The maximum atomic E-state index is 11.7. The van der Waals surface area contributed by atoms with Gasteiger partial charge in [0.15, 0.2) is 0 Å². The monoisotopic (exact) mass is 234 g/mol. The van der Waals surface area contributed by atoms with Crippen LogP contribution in [-0.2, 0) is 16.0 Å². The molecule has 5 nitrogen and oxygen atoms in total. The van der Waals surface area contributed by atoms with E-state index in [4.69, 9.17) is 0 Å². The molecule has 2 N–H and O–H groups in total. The fourth-order valence-electron chi connectivity index (χ4n) is 1.58. The van der Waals surface area contributed by atoms with E-state index in [0.717, 1.165) is 6.42 Å². The molecule has 1 aromatic carbocycles. The lowest BCUT2D eigenvalue weighted by Gasteiger charge is -2.09. The molecule has 90 valence electrons. The number of ether oxygens (including phenoxy) is 1. The summed E-state index contributed by atoms with van der Waals surface area (Å²) in [4.78, 5) is 22.5. The molecular weight excluding hydrogens is 220 g/mol. The van der Waals surface area contributed by atoms with E-state index in [-0.39, 0.29) is 12.5 Å². The summed E-state index contributed by atoms with van der Waals surface area (Å²) in [6, 6.07) is 7.00. The molecule has 1 atom stereocenters. The lowest BCUT2D eigenvalue weighted by molar-refractivity contribution is -0.117. The normalized spacial score (nSPS) is 18.4. The summed E-state index contributed by atoms with van der Waals surface area (Å²) >= 11 is 0. The lowest BCUT2D eigenvalue weighted by Crippen LogP contribution is -2.38. The van der Waals surface area contributed by atoms with E-state index in [9.17, 15) is 9.59 Å². The molecule has 1 saturated heterocycles. The van der Waals surface area contributed by atoms with Crippen LogP contribution in [0.25, 0.3) is 0 Å². The van der Waals surface area contributed by atoms with Crippen molar-refractivity contribution in [3.8, 4) is 0 Å². The van der Waals surface area contributed by atoms with E-state index >= 15 is 0 Å². The van der Waals surface area contributed by atoms with E-state index in [0.29, 0.717) is 5.69 Å². The van der Waals surface area contributed by atoms with Gasteiger partial charge < -0.3 is 15.4 Å². The summed E-state index contributed by atoms with van der Waals surface area (Å²) in [7, 11) is 0. The zero-order chi connectivity index (χ0) is 12.3. The minimum Gasteiger partial charge on any atom is -0.447 e. The van der Waals surface area contributed by atoms with E-state index in [1.807, 2.05) is 24.3 Å². The second-order valence-electron chi connectivity index (χ2n) is 3.84. The van der Waals surface area contributed by atoms with Crippen molar-refractivity contribution in [1.82, 2.24) is 5.32 Å². The topological polar surface area (TPSA) is 67.4 Å². The molecule has 1 aromatic rings. The zero-order valence-electron chi connectivity index (χ0n) is 9.53. The molecule has 0 radical (unpaired) electrons. The van der Waals surface area contributed by atoms with Crippen molar-refractivity contribution >= 4 is 17.7 Å². The largest absolute Gasteiger partial charge is 0.447 e. The van der Waals surface area contributed by atoms with Gasteiger partial charge in [0.1, 0.15) is 12.6 Å². The third kappa shape index (κ3) is 2.75. The zero-order valence-corrected chi connectivity index (χ0v) is 9.53. The summed E-state index contributed by atoms with van der Waals surface area (Å²) in [6.07, 6.45) is 0.410. The lowest BCUT2D eigenvalue weighted by atomic mass is 10.1. The number of rotatable bonds is 3. The van der Waals surface area contributed by atoms with Gasteiger partial charge in [0.05, 0.1) is 0 Å². The van der Waals surface area contributed by atoms with E-state index in [2.05, 4.69) is 22.3 Å². The van der Waals surface area contributed by atoms with E-state index < -0.39 is 12.1 Å². The second-order valence-corrected chi connectivity index (χ2v) is 3.84. The Morgan fingerprint density at radius 2 is 2.18 bits per heavy atom. The van der Waals surface area contributed by atoms with Crippen molar-refractivity contribution in [3.05, 3.63) is 29.8 Å². The number of aryl methyl sites for hydroxylation is 1. The van der Waals surface area contributed by atoms with Crippen LogP contribution in [0, 0.1) is 0 Å². The van der Waals surface area contributed by atoms with Gasteiger partial charge >= 0.3 is 6.09 Å². The molecule has 2 amide bonds. The number of nitrogens with one attached hydrogen (secondary N) is 2. The Kier molecular flexibility index (Phi) is 3.27. The van der Waals surface area contributed by atoms with Gasteiger partial charge in [-0.25, -0.2) is 4.79 Å². The molecule has 0 bridgehead atoms. The van der Waals surface area contributed by atoms with Crippen LogP contribution in [0.15, 0.2) is 24.3 Å². The van der Waals surface area contributed by atoms with Crippen LogP contribution in [-0.4, -0.2) is 24.6 Å². The second kappa shape index (κ2) is 4.86. The molecule has 5 heteroatoms. The van der Waals surface area contributed by atoms with Crippen molar-refractivity contribution in [2.24, 2.45) is 0 Å². The Hall–Kier alpha value is -2.04. The van der Waals surface area contributed by atoms with Crippen LogP contribution in [0.3, 0.4) is 0 Å². The molecule has 2 rings (SSSR count). The number of amides is 2. The third-order valence-corrected chi connectivity index (χ3v) is 2.62. The van der Waals surface area contributed by atoms with E-state index in [1.165, 1.54) is 5.56 Å². The van der Waals surface area contributed by atoms with Crippen molar-refractivity contribution < 1.29 is 14.3 Å². The Morgan fingerprint density at radius 3 is 2.71 bits per heavy atom.